The number of aryl methyl sites for hydroxylation is 2. The van der Waals surface area contributed by atoms with E-state index in [9.17, 15) is 20.1 Å². The zero-order valence-electron chi connectivity index (χ0n) is 35.9. The molecule has 0 amide bonds. The zero-order valence-corrected chi connectivity index (χ0v) is 35.9. The molecule has 8 heteroatoms. The van der Waals surface area contributed by atoms with E-state index >= 15 is 4.79 Å². The fourth-order valence-electron chi connectivity index (χ4n) is 14.9. The molecule has 0 spiro atoms. The van der Waals surface area contributed by atoms with Gasteiger partial charge < -0.3 is 20.1 Å². The minimum Gasteiger partial charge on any atom is -0.877 e. The number of nitrogens with zero attached hydrogens (tertiary/aromatic N) is 1. The molecular weight excluding hydrogens is 713 g/mol. The number of rotatable bonds is 5. The molecule has 8 aliphatic rings. The molecule has 0 aromatic heterocycles. The number of ether oxygens (including phenoxy) is 1. The molecule has 57 heavy (non-hydrogen) atoms. The van der Waals surface area contributed by atoms with Gasteiger partial charge in [-0.25, -0.2) is 4.99 Å². The number of carbonyl (C=O) groups is 2. The van der Waals surface area contributed by atoms with Crippen LogP contribution in [0.15, 0.2) is 63.1 Å². The second kappa shape index (κ2) is 12.4. The number of aliphatic hydroxyl groups excluding tert-OH is 2. The van der Waals surface area contributed by atoms with Gasteiger partial charge in [-0.15, -0.1) is 6.26 Å². The summed E-state index contributed by atoms with van der Waals surface area (Å²) >= 11 is 0. The topological polar surface area (TPSA) is 127 Å². The van der Waals surface area contributed by atoms with Gasteiger partial charge in [0.05, 0.1) is 30.3 Å². The number of Topliss-reactive ketones (excluding diaryl/α,β-unsaturated/α-hetero) is 2. The Bertz CT molecular complexity index is 2130. The van der Waals surface area contributed by atoms with Crippen molar-refractivity contribution in [3.8, 4) is 0 Å². The Morgan fingerprint density at radius 2 is 1.70 bits per heavy atom. The summed E-state index contributed by atoms with van der Waals surface area (Å²) in [4.78, 5) is 35.0. The van der Waals surface area contributed by atoms with Crippen molar-refractivity contribution in [1.29, 1.82) is 0 Å². The molecule has 3 N–H and O–H groups in total. The van der Waals surface area contributed by atoms with Gasteiger partial charge >= 0.3 is 0 Å². The van der Waals surface area contributed by atoms with Crippen molar-refractivity contribution in [1.82, 2.24) is 0 Å². The molecule has 1 saturated heterocycles. The van der Waals surface area contributed by atoms with Gasteiger partial charge in [-0.3, -0.25) is 14.5 Å². The maximum Gasteiger partial charge on any atom is 0.162 e. The Morgan fingerprint density at radius 1 is 1.02 bits per heavy atom. The van der Waals surface area contributed by atoms with Crippen molar-refractivity contribution in [2.24, 2.45) is 49.8 Å². The average Bonchev–Trinajstić information content (AvgIpc) is 3.37. The van der Waals surface area contributed by atoms with Crippen LogP contribution in [0.5, 0.6) is 0 Å². The second-order valence-corrected chi connectivity index (χ2v) is 21.8. The third-order valence-electron chi connectivity index (χ3n) is 17.7. The van der Waals surface area contributed by atoms with E-state index in [2.05, 4.69) is 73.6 Å². The van der Waals surface area contributed by atoms with E-state index < -0.39 is 34.1 Å². The van der Waals surface area contributed by atoms with Crippen LogP contribution < -0.4 is 10.0 Å². The Hall–Kier alpha value is -3.17. The Balaban J connectivity index is 1.22. The van der Waals surface area contributed by atoms with Gasteiger partial charge in [0.2, 0.25) is 0 Å². The van der Waals surface area contributed by atoms with Crippen LogP contribution in [0, 0.1) is 58.7 Å². The maximum absolute atomic E-state index is 15.1. The first kappa shape index (κ1) is 39.3. The molecule has 0 radical (unpaired) electrons. The molecule has 4 fully saturated rings. The Morgan fingerprint density at radius 3 is 2.35 bits per heavy atom. The summed E-state index contributed by atoms with van der Waals surface area (Å²) < 4.78 is 5.99. The smallest absolute Gasteiger partial charge is 0.162 e. The zero-order chi connectivity index (χ0) is 41.0. The lowest BCUT2D eigenvalue weighted by molar-refractivity contribution is -0.852. The van der Waals surface area contributed by atoms with Crippen LogP contribution in [0.4, 0.5) is 0 Å². The van der Waals surface area contributed by atoms with Gasteiger partial charge in [0.25, 0.3) is 0 Å². The van der Waals surface area contributed by atoms with E-state index in [1.807, 2.05) is 20.1 Å². The molecule has 11 unspecified atom stereocenters. The first-order chi connectivity index (χ1) is 26.6. The fourth-order valence-corrected chi connectivity index (χ4v) is 14.9. The number of aliphatic imine (C=N–C) groups is 1. The molecule has 9 rings (SSSR count). The van der Waals surface area contributed by atoms with Crippen molar-refractivity contribution < 1.29 is 34.5 Å². The van der Waals surface area contributed by atoms with Crippen molar-refractivity contribution in [2.45, 2.75) is 145 Å². The number of quaternary nitrogens is 1. The highest BCUT2D eigenvalue weighted by molar-refractivity contribution is 6.02. The molecule has 0 bridgehead atoms. The second-order valence-electron chi connectivity index (χ2n) is 21.8. The number of allylic oxidation sites excluding steroid dienone is 2. The minimum absolute atomic E-state index is 0.128. The Labute approximate surface area is 339 Å². The summed E-state index contributed by atoms with van der Waals surface area (Å²) in [5.74, 6) is 0.127. The van der Waals surface area contributed by atoms with Gasteiger partial charge in [-0.1, -0.05) is 70.9 Å². The van der Waals surface area contributed by atoms with Crippen molar-refractivity contribution in [3.05, 3.63) is 74.8 Å². The van der Waals surface area contributed by atoms with Crippen LogP contribution in [0.25, 0.3) is 5.57 Å². The molecule has 306 valence electrons. The van der Waals surface area contributed by atoms with Gasteiger partial charge in [0.15, 0.2) is 11.5 Å². The third kappa shape index (κ3) is 5.34. The van der Waals surface area contributed by atoms with Crippen LogP contribution in [-0.2, 0) is 14.3 Å². The van der Waals surface area contributed by atoms with Gasteiger partial charge in [0, 0.05) is 46.6 Å². The van der Waals surface area contributed by atoms with Gasteiger partial charge in [-0.05, 0) is 111 Å². The van der Waals surface area contributed by atoms with Crippen LogP contribution in [0.1, 0.15) is 123 Å². The normalized spacial score (nSPS) is 42.2. The van der Waals surface area contributed by atoms with E-state index in [0.717, 1.165) is 75.9 Å². The lowest BCUT2D eigenvalue weighted by Crippen LogP contribution is -3.10. The monoisotopic (exact) mass is 776 g/mol. The standard InChI is InChI=1S/C49H64N2O6/c1-26-17-27(2)19-29(18-26)32(25-52)30-23-51-24-31-37-38(46(7,20-34(54)43-45(5,6)57-43)14-11-28-22-50-39(30)40(28)51)33(53)21-49(37,10)48(9)16-12-35-44(3,4)36(55)13-15-47(35,8)42(48)41(31)56/h17-19,22,25,31,34-35,41-43,52,54,56H,11-16,20-21,23-24H2,1-10H3. The summed E-state index contributed by atoms with van der Waals surface area (Å²) in [6.07, 6.45) is 6.23. The van der Waals surface area contributed by atoms with Gasteiger partial charge in [0.1, 0.15) is 24.1 Å². The quantitative estimate of drug-likeness (QED) is 0.252. The van der Waals surface area contributed by atoms with E-state index in [1.54, 1.807) is 0 Å². The molecule has 4 aliphatic carbocycles. The molecule has 4 heterocycles. The van der Waals surface area contributed by atoms with Crippen LogP contribution in [-0.4, -0.2) is 65.0 Å². The molecule has 3 saturated carbocycles. The van der Waals surface area contributed by atoms with Gasteiger partial charge in [-0.2, -0.15) is 0 Å². The predicted molar refractivity (Wildman–Crippen MR) is 219 cm³/mol. The summed E-state index contributed by atoms with van der Waals surface area (Å²) in [5, 5.41) is 38.5. The summed E-state index contributed by atoms with van der Waals surface area (Å²) in [5.41, 5.74) is 6.91. The fraction of sp³-hybridized carbons (Fsp3) is 0.653. The number of aliphatic hydroxyl groups is 2. The number of epoxide rings is 1. The number of nitrogens with one attached hydrogen (secondary N) is 1. The highest BCUT2D eigenvalue weighted by Gasteiger charge is 2.73. The minimum atomic E-state index is -0.754. The maximum atomic E-state index is 15.1. The number of benzene rings is 1. The van der Waals surface area contributed by atoms with E-state index in [4.69, 9.17) is 9.73 Å². The van der Waals surface area contributed by atoms with E-state index in [1.165, 1.54) is 4.90 Å². The average molecular weight is 777 g/mol. The number of hydrogen-bond acceptors (Lipinski definition) is 7. The molecular formula is C49H64N2O6. The molecule has 4 aliphatic heterocycles. The molecule has 1 aromatic rings. The van der Waals surface area contributed by atoms with Crippen LogP contribution in [0.2, 0.25) is 0 Å². The number of carbonyl (C=O) groups excluding carboxylic acids is 2. The predicted octanol–water partition coefficient (Wildman–Crippen LogP) is 5.92. The highest BCUT2D eigenvalue weighted by Crippen LogP contribution is 2.75. The Kier molecular flexibility index (Phi) is 8.57. The molecule has 8 nitrogen and oxygen atoms in total. The van der Waals surface area contributed by atoms with Crippen LogP contribution >= 0.6 is 0 Å². The summed E-state index contributed by atoms with van der Waals surface area (Å²) in [6, 6.07) is 6.28. The van der Waals surface area contributed by atoms with Crippen LogP contribution in [0.3, 0.4) is 0 Å². The summed E-state index contributed by atoms with van der Waals surface area (Å²) in [7, 11) is 0. The van der Waals surface area contributed by atoms with Crippen molar-refractivity contribution >= 4 is 23.4 Å². The largest absolute Gasteiger partial charge is 0.877 e. The number of hydrogen-bond donors (Lipinski definition) is 3. The molecule has 1 aromatic carbocycles. The number of ketones is 2. The lowest BCUT2D eigenvalue weighted by atomic mass is 9.34. The van der Waals surface area contributed by atoms with E-state index in [0.29, 0.717) is 56.5 Å². The molecule has 11 atom stereocenters. The first-order valence-electron chi connectivity index (χ1n) is 21.7. The summed E-state index contributed by atoms with van der Waals surface area (Å²) in [6.45, 7) is 22.7. The first-order valence-corrected chi connectivity index (χ1v) is 21.7. The van der Waals surface area contributed by atoms with E-state index in [-0.39, 0.29) is 40.5 Å². The third-order valence-corrected chi connectivity index (χ3v) is 17.7. The number of fused-ring (bicyclic) bond motifs is 4. The lowest BCUT2D eigenvalue weighted by Gasteiger charge is -2.70. The highest BCUT2D eigenvalue weighted by atomic mass is 16.6. The SMILES string of the molecule is Cc1cc(C)cc(C(=C[O-])C2=C3N=CC4=C3[NH+](C2)CC2C3=C(C(=O)CC3(C)C3(C)CCC5C(C)(C)C(=O)CCC5(C)C3C2O)C(C)(CC(O)C2OC2(C)C)CC4)c1. The van der Waals surface area contributed by atoms with Crippen molar-refractivity contribution in [2.75, 3.05) is 13.1 Å². The van der Waals surface area contributed by atoms with Crippen molar-refractivity contribution in [3.63, 3.8) is 0 Å².